The van der Waals surface area contributed by atoms with Crippen LogP contribution in [-0.4, -0.2) is 23.9 Å². The molecule has 9 heteroatoms. The summed E-state index contributed by atoms with van der Waals surface area (Å²) in [5.74, 6) is -2.72. The highest BCUT2D eigenvalue weighted by atomic mass is 35.5. The van der Waals surface area contributed by atoms with E-state index in [-0.39, 0.29) is 27.5 Å². The van der Waals surface area contributed by atoms with E-state index in [4.69, 9.17) is 32.4 Å². The summed E-state index contributed by atoms with van der Waals surface area (Å²) in [6.07, 6.45) is 0. The summed E-state index contributed by atoms with van der Waals surface area (Å²) in [6, 6.07) is 14.8. The van der Waals surface area contributed by atoms with Crippen LogP contribution in [0.25, 0.3) is 11.0 Å². The fraction of sp³-hybridized carbons (Fsp3) is 0.200. The van der Waals surface area contributed by atoms with Crippen LogP contribution in [0, 0.1) is 5.82 Å². The molecular weight excluding hydrogens is 544 g/mol. The number of rotatable bonds is 5. The lowest BCUT2D eigenvalue weighted by Gasteiger charge is -2.28. The first kappa shape index (κ1) is 26.8. The fourth-order valence-electron chi connectivity index (χ4n) is 4.70. The highest BCUT2D eigenvalue weighted by molar-refractivity contribution is 6.32. The van der Waals surface area contributed by atoms with Crippen LogP contribution < -0.4 is 9.64 Å². The van der Waals surface area contributed by atoms with Crippen molar-refractivity contribution in [3.8, 4) is 5.75 Å². The maximum Gasteiger partial charge on any atom is 0.294 e. The molecule has 3 aromatic carbocycles. The molecule has 0 radical (unpaired) electrons. The molecule has 0 saturated carbocycles. The molecule has 1 N–H and O–H groups in total. The zero-order valence-corrected chi connectivity index (χ0v) is 23.0. The molecule has 0 aliphatic carbocycles. The van der Waals surface area contributed by atoms with Crippen molar-refractivity contribution in [3.63, 3.8) is 0 Å². The number of methoxy groups -OCH3 is 1. The molecule has 200 valence electrons. The summed E-state index contributed by atoms with van der Waals surface area (Å²) in [5.41, 5.74) is 1.77. The SMILES string of the molecule is COc1cc(Cl)cc2cc(C(=O)C3=C(O)C(=O)N(c4ccc(F)c(Cl)c4)C3c3ccc(C(C)(C)C)cc3)oc12. The number of benzene rings is 3. The normalized spacial score (nSPS) is 15.9. The van der Waals surface area contributed by atoms with E-state index in [0.29, 0.717) is 27.3 Å². The summed E-state index contributed by atoms with van der Waals surface area (Å²) in [7, 11) is 1.45. The van der Waals surface area contributed by atoms with Crippen LogP contribution in [0.2, 0.25) is 10.0 Å². The zero-order chi connectivity index (χ0) is 28.2. The summed E-state index contributed by atoms with van der Waals surface area (Å²) in [5, 5.41) is 11.7. The number of ether oxygens (including phenoxy) is 1. The second-order valence-electron chi connectivity index (χ2n) is 10.3. The van der Waals surface area contributed by atoms with Gasteiger partial charge in [-0.15, -0.1) is 0 Å². The summed E-state index contributed by atoms with van der Waals surface area (Å²) in [6.45, 7) is 6.20. The van der Waals surface area contributed by atoms with Crippen LogP contribution >= 0.6 is 23.2 Å². The minimum absolute atomic E-state index is 0.116. The van der Waals surface area contributed by atoms with Crippen LogP contribution in [0.4, 0.5) is 10.1 Å². The van der Waals surface area contributed by atoms with E-state index < -0.39 is 29.3 Å². The maximum absolute atomic E-state index is 14.0. The van der Waals surface area contributed by atoms with Gasteiger partial charge in [0.1, 0.15) is 5.82 Å². The van der Waals surface area contributed by atoms with Crippen molar-refractivity contribution in [2.75, 3.05) is 12.0 Å². The third-order valence-electron chi connectivity index (χ3n) is 6.72. The van der Waals surface area contributed by atoms with Gasteiger partial charge in [0, 0.05) is 22.2 Å². The molecule has 39 heavy (non-hydrogen) atoms. The number of hydrogen-bond donors (Lipinski definition) is 1. The van der Waals surface area contributed by atoms with Gasteiger partial charge < -0.3 is 14.3 Å². The van der Waals surface area contributed by atoms with Gasteiger partial charge in [0.05, 0.1) is 23.7 Å². The first-order valence-corrected chi connectivity index (χ1v) is 12.8. The van der Waals surface area contributed by atoms with Crippen molar-refractivity contribution in [2.24, 2.45) is 0 Å². The Balaban J connectivity index is 1.67. The van der Waals surface area contributed by atoms with Gasteiger partial charge in [0.25, 0.3) is 5.91 Å². The van der Waals surface area contributed by atoms with E-state index in [2.05, 4.69) is 20.8 Å². The second kappa shape index (κ2) is 9.74. The third kappa shape index (κ3) is 4.66. The van der Waals surface area contributed by atoms with Gasteiger partial charge in [-0.25, -0.2) is 4.39 Å². The molecule has 1 aliphatic rings. The number of furan rings is 1. The lowest BCUT2D eigenvalue weighted by molar-refractivity contribution is -0.117. The Morgan fingerprint density at radius 1 is 1.05 bits per heavy atom. The molecule has 1 aliphatic heterocycles. The van der Waals surface area contributed by atoms with Gasteiger partial charge in [-0.05, 0) is 46.9 Å². The number of carbonyl (C=O) groups is 2. The molecule has 5 rings (SSSR count). The molecule has 1 amide bonds. The molecular formula is C30H24Cl2FNO5. The molecule has 2 heterocycles. The molecule has 1 unspecified atom stereocenters. The first-order valence-electron chi connectivity index (χ1n) is 12.0. The summed E-state index contributed by atoms with van der Waals surface area (Å²) < 4.78 is 25.2. The maximum atomic E-state index is 14.0. The first-order chi connectivity index (χ1) is 18.4. The topological polar surface area (TPSA) is 80.0 Å². The number of carbonyl (C=O) groups excluding carboxylic acids is 2. The number of aliphatic hydroxyl groups is 1. The summed E-state index contributed by atoms with van der Waals surface area (Å²) in [4.78, 5) is 28.6. The number of nitrogens with zero attached hydrogens (tertiary/aromatic N) is 1. The lowest BCUT2D eigenvalue weighted by Crippen LogP contribution is -2.31. The Bertz CT molecular complexity index is 1670. The van der Waals surface area contributed by atoms with Gasteiger partial charge in [0.2, 0.25) is 5.78 Å². The van der Waals surface area contributed by atoms with E-state index in [9.17, 15) is 19.1 Å². The number of hydrogen-bond acceptors (Lipinski definition) is 5. The van der Waals surface area contributed by atoms with Gasteiger partial charge in [0.15, 0.2) is 22.9 Å². The smallest absolute Gasteiger partial charge is 0.294 e. The number of ketones is 1. The quantitative estimate of drug-likeness (QED) is 0.247. The molecule has 0 fully saturated rings. The molecule has 1 aromatic heterocycles. The second-order valence-corrected chi connectivity index (χ2v) is 11.1. The zero-order valence-electron chi connectivity index (χ0n) is 21.5. The fourth-order valence-corrected chi connectivity index (χ4v) is 5.09. The van der Waals surface area contributed by atoms with Crippen LogP contribution in [0.1, 0.15) is 48.5 Å². The van der Waals surface area contributed by atoms with E-state index in [0.717, 1.165) is 11.6 Å². The van der Waals surface area contributed by atoms with Crippen molar-refractivity contribution < 1.29 is 28.2 Å². The van der Waals surface area contributed by atoms with Crippen LogP contribution in [-0.2, 0) is 10.2 Å². The molecule has 4 aromatic rings. The van der Waals surface area contributed by atoms with Crippen LogP contribution in [0.15, 0.2) is 76.4 Å². The number of fused-ring (bicyclic) bond motifs is 1. The molecule has 0 saturated heterocycles. The van der Waals surface area contributed by atoms with Crippen LogP contribution in [0.5, 0.6) is 5.75 Å². The van der Waals surface area contributed by atoms with E-state index >= 15 is 0 Å². The number of halogens is 3. The van der Waals surface area contributed by atoms with Gasteiger partial charge >= 0.3 is 0 Å². The molecule has 6 nitrogen and oxygen atoms in total. The van der Waals surface area contributed by atoms with Crippen molar-refractivity contribution in [1.82, 2.24) is 0 Å². The highest BCUT2D eigenvalue weighted by Gasteiger charge is 2.45. The number of Topliss-reactive ketones (excluding diaryl/α,β-unsaturated/α-hetero) is 1. The van der Waals surface area contributed by atoms with E-state index in [1.807, 2.05) is 12.1 Å². The summed E-state index contributed by atoms with van der Waals surface area (Å²) >= 11 is 12.2. The van der Waals surface area contributed by atoms with Crippen molar-refractivity contribution in [2.45, 2.75) is 32.2 Å². The van der Waals surface area contributed by atoms with E-state index in [1.165, 1.54) is 30.2 Å². The Hall–Kier alpha value is -3.81. The Kier molecular flexibility index (Phi) is 6.69. The predicted octanol–water partition coefficient (Wildman–Crippen LogP) is 7.97. The molecule has 0 spiro atoms. The average molecular weight is 568 g/mol. The lowest BCUT2D eigenvalue weighted by atomic mass is 9.85. The molecule has 0 bridgehead atoms. The Morgan fingerprint density at radius 2 is 1.74 bits per heavy atom. The standard InChI is InChI=1S/C30H24Cl2FNO5/c1-30(2,3)17-7-5-15(6-8-17)25-24(27(36)29(37)34(25)19-9-10-21(33)20(32)14-19)26(35)22-12-16-11-18(31)13-23(38-4)28(16)39-22/h5-14,25,36H,1-4H3. The van der Waals surface area contributed by atoms with Gasteiger partial charge in [-0.2, -0.15) is 0 Å². The minimum atomic E-state index is -1.04. The number of anilines is 1. The largest absolute Gasteiger partial charge is 0.503 e. The third-order valence-corrected chi connectivity index (χ3v) is 7.23. The number of aliphatic hydroxyl groups excluding tert-OH is 1. The predicted molar refractivity (Wildman–Crippen MR) is 149 cm³/mol. The average Bonchev–Trinajstić information content (AvgIpc) is 3.43. The Labute approximate surface area is 234 Å². The van der Waals surface area contributed by atoms with Crippen molar-refractivity contribution in [1.29, 1.82) is 0 Å². The highest BCUT2D eigenvalue weighted by Crippen LogP contribution is 2.44. The Morgan fingerprint density at radius 3 is 2.36 bits per heavy atom. The van der Waals surface area contributed by atoms with Crippen molar-refractivity contribution in [3.05, 3.63) is 105 Å². The van der Waals surface area contributed by atoms with E-state index in [1.54, 1.807) is 24.3 Å². The van der Waals surface area contributed by atoms with Gasteiger partial charge in [-0.1, -0.05) is 68.2 Å². The molecule has 1 atom stereocenters. The number of amides is 1. The van der Waals surface area contributed by atoms with Crippen molar-refractivity contribution >= 4 is 51.5 Å². The minimum Gasteiger partial charge on any atom is -0.503 e. The van der Waals surface area contributed by atoms with Gasteiger partial charge in [-0.3, -0.25) is 14.5 Å². The van der Waals surface area contributed by atoms with Crippen LogP contribution in [0.3, 0.4) is 0 Å². The monoisotopic (exact) mass is 567 g/mol.